The molecule has 4 nitrogen and oxygen atoms in total. The lowest BCUT2D eigenvalue weighted by Gasteiger charge is -2.07. The van der Waals surface area contributed by atoms with Crippen molar-refractivity contribution in [3.63, 3.8) is 0 Å². The van der Waals surface area contributed by atoms with Gasteiger partial charge in [-0.25, -0.2) is 4.57 Å². The maximum absolute atomic E-state index is 11.1. The minimum atomic E-state index is -3.86. The van der Waals surface area contributed by atoms with Gasteiger partial charge in [0.05, 0.1) is 12.9 Å². The van der Waals surface area contributed by atoms with Gasteiger partial charge in [-0.3, -0.25) is 9.42 Å². The molecule has 0 spiro atoms. The molecule has 114 valence electrons. The Morgan fingerprint density at radius 1 is 1.00 bits per heavy atom. The molecule has 0 aromatic carbocycles. The SMILES string of the molecule is CCCCCCCCCCC=COP(=O)(O)OCC. The summed E-state index contributed by atoms with van der Waals surface area (Å²) < 4.78 is 20.3. The Morgan fingerprint density at radius 3 is 2.16 bits per heavy atom. The molecular formula is C14H29O4P. The van der Waals surface area contributed by atoms with Crippen LogP contribution < -0.4 is 0 Å². The van der Waals surface area contributed by atoms with Crippen LogP contribution in [0, 0.1) is 0 Å². The standard InChI is InChI=1S/C14H29O4P/c1-3-5-6-7-8-9-10-11-12-13-14-18-19(15,16)17-4-2/h13-14H,3-12H2,1-2H3,(H,15,16). The molecule has 0 saturated heterocycles. The van der Waals surface area contributed by atoms with E-state index in [4.69, 9.17) is 4.89 Å². The Balaban J connectivity index is 3.32. The van der Waals surface area contributed by atoms with E-state index in [2.05, 4.69) is 16.0 Å². The molecule has 0 aromatic heterocycles. The molecule has 0 aromatic rings. The zero-order valence-electron chi connectivity index (χ0n) is 12.3. The number of hydrogen-bond acceptors (Lipinski definition) is 3. The molecule has 0 aliphatic heterocycles. The quantitative estimate of drug-likeness (QED) is 0.288. The van der Waals surface area contributed by atoms with Crippen LogP contribution in [0.15, 0.2) is 12.3 Å². The smallest absolute Gasteiger partial charge is 0.412 e. The average molecular weight is 292 g/mol. The van der Waals surface area contributed by atoms with Crippen molar-refractivity contribution in [2.45, 2.75) is 71.6 Å². The van der Waals surface area contributed by atoms with Crippen molar-refractivity contribution in [2.75, 3.05) is 6.61 Å². The van der Waals surface area contributed by atoms with Crippen molar-refractivity contribution in [3.8, 4) is 0 Å². The highest BCUT2D eigenvalue weighted by atomic mass is 31.2. The van der Waals surface area contributed by atoms with Gasteiger partial charge in [0, 0.05) is 0 Å². The maximum Gasteiger partial charge on any atom is 0.526 e. The van der Waals surface area contributed by atoms with Crippen LogP contribution in [0.1, 0.15) is 71.6 Å². The number of hydrogen-bond donors (Lipinski definition) is 1. The van der Waals surface area contributed by atoms with E-state index in [-0.39, 0.29) is 6.61 Å². The second-order valence-electron chi connectivity index (χ2n) is 4.63. The normalized spacial score (nSPS) is 14.7. The molecular weight excluding hydrogens is 263 g/mol. The summed E-state index contributed by atoms with van der Waals surface area (Å²) in [7, 11) is -3.86. The fourth-order valence-electron chi connectivity index (χ4n) is 1.78. The van der Waals surface area contributed by atoms with Crippen LogP contribution in [-0.4, -0.2) is 11.5 Å². The van der Waals surface area contributed by atoms with Gasteiger partial charge in [0.25, 0.3) is 0 Å². The first kappa shape index (κ1) is 18.7. The summed E-state index contributed by atoms with van der Waals surface area (Å²) >= 11 is 0. The molecule has 0 aliphatic rings. The van der Waals surface area contributed by atoms with Crippen LogP contribution in [0.25, 0.3) is 0 Å². The number of unbranched alkanes of at least 4 members (excludes halogenated alkanes) is 8. The highest BCUT2D eigenvalue weighted by Gasteiger charge is 2.18. The Kier molecular flexibility index (Phi) is 12.5. The Hall–Kier alpha value is -0.310. The minimum absolute atomic E-state index is 0.166. The molecule has 1 atom stereocenters. The Morgan fingerprint density at radius 2 is 1.58 bits per heavy atom. The predicted octanol–water partition coefficient (Wildman–Crippen LogP) is 5.18. The van der Waals surface area contributed by atoms with Crippen LogP contribution in [0.3, 0.4) is 0 Å². The van der Waals surface area contributed by atoms with E-state index in [1.54, 1.807) is 13.0 Å². The average Bonchev–Trinajstić information content (AvgIpc) is 2.36. The zero-order valence-corrected chi connectivity index (χ0v) is 13.2. The van der Waals surface area contributed by atoms with E-state index < -0.39 is 7.82 Å². The molecule has 0 radical (unpaired) electrons. The second kappa shape index (κ2) is 12.7. The van der Waals surface area contributed by atoms with Gasteiger partial charge in [-0.1, -0.05) is 51.9 Å². The predicted molar refractivity (Wildman–Crippen MR) is 78.9 cm³/mol. The maximum atomic E-state index is 11.1. The van der Waals surface area contributed by atoms with Crippen LogP contribution in [0.4, 0.5) is 0 Å². The van der Waals surface area contributed by atoms with Gasteiger partial charge in [0.1, 0.15) is 0 Å². The van der Waals surface area contributed by atoms with Gasteiger partial charge in [-0.15, -0.1) is 0 Å². The summed E-state index contributed by atoms with van der Waals surface area (Å²) in [5.41, 5.74) is 0. The summed E-state index contributed by atoms with van der Waals surface area (Å²) in [4.78, 5) is 9.12. The molecule has 0 saturated carbocycles. The minimum Gasteiger partial charge on any atom is -0.412 e. The van der Waals surface area contributed by atoms with E-state index in [1.807, 2.05) is 0 Å². The lowest BCUT2D eigenvalue weighted by Crippen LogP contribution is -1.89. The highest BCUT2D eigenvalue weighted by molar-refractivity contribution is 7.47. The summed E-state index contributed by atoms with van der Waals surface area (Å²) in [6, 6.07) is 0. The van der Waals surface area contributed by atoms with Crippen molar-refractivity contribution in [2.24, 2.45) is 0 Å². The summed E-state index contributed by atoms with van der Waals surface area (Å²) in [6.07, 6.45) is 14.2. The van der Waals surface area contributed by atoms with Crippen LogP contribution in [-0.2, 0) is 13.6 Å². The largest absolute Gasteiger partial charge is 0.526 e. The fourth-order valence-corrected chi connectivity index (χ4v) is 2.40. The monoisotopic (exact) mass is 292 g/mol. The van der Waals surface area contributed by atoms with Crippen LogP contribution >= 0.6 is 7.82 Å². The molecule has 0 fully saturated rings. The van der Waals surface area contributed by atoms with Gasteiger partial charge < -0.3 is 4.52 Å². The van der Waals surface area contributed by atoms with Gasteiger partial charge in [-0.2, -0.15) is 0 Å². The number of phosphoric acid groups is 1. The van der Waals surface area contributed by atoms with E-state index >= 15 is 0 Å². The summed E-state index contributed by atoms with van der Waals surface area (Å²) in [5.74, 6) is 0. The molecule has 19 heavy (non-hydrogen) atoms. The summed E-state index contributed by atoms with van der Waals surface area (Å²) in [6.45, 7) is 4.04. The molecule has 0 aliphatic carbocycles. The van der Waals surface area contributed by atoms with Crippen molar-refractivity contribution >= 4 is 7.82 Å². The summed E-state index contributed by atoms with van der Waals surface area (Å²) in [5, 5.41) is 0. The van der Waals surface area contributed by atoms with E-state index in [9.17, 15) is 4.57 Å². The highest BCUT2D eigenvalue weighted by Crippen LogP contribution is 2.43. The topological polar surface area (TPSA) is 55.8 Å². The molecule has 0 bridgehead atoms. The van der Waals surface area contributed by atoms with Gasteiger partial charge in [0.15, 0.2) is 0 Å². The lowest BCUT2D eigenvalue weighted by atomic mass is 10.1. The Labute approximate surface area is 117 Å². The molecule has 0 heterocycles. The molecule has 1 unspecified atom stereocenters. The van der Waals surface area contributed by atoms with E-state index in [0.717, 1.165) is 12.8 Å². The molecule has 1 N–H and O–H groups in total. The van der Waals surface area contributed by atoms with Gasteiger partial charge >= 0.3 is 7.82 Å². The van der Waals surface area contributed by atoms with Crippen molar-refractivity contribution in [1.82, 2.24) is 0 Å². The van der Waals surface area contributed by atoms with E-state index in [1.165, 1.54) is 51.2 Å². The number of phosphoric ester groups is 1. The third-order valence-corrected chi connectivity index (χ3v) is 3.78. The molecule has 0 rings (SSSR count). The van der Waals surface area contributed by atoms with Gasteiger partial charge in [0.2, 0.25) is 0 Å². The van der Waals surface area contributed by atoms with E-state index in [0.29, 0.717) is 0 Å². The third kappa shape index (κ3) is 13.9. The lowest BCUT2D eigenvalue weighted by molar-refractivity contribution is 0.196. The van der Waals surface area contributed by atoms with Crippen molar-refractivity contribution in [1.29, 1.82) is 0 Å². The van der Waals surface area contributed by atoms with Crippen LogP contribution in [0.2, 0.25) is 0 Å². The van der Waals surface area contributed by atoms with Gasteiger partial charge in [-0.05, 0) is 25.8 Å². The first-order valence-electron chi connectivity index (χ1n) is 7.43. The molecule has 0 amide bonds. The van der Waals surface area contributed by atoms with Crippen molar-refractivity contribution < 1.29 is 18.5 Å². The first-order chi connectivity index (χ1) is 9.12. The second-order valence-corrected chi connectivity index (χ2v) is 6.03. The fraction of sp³-hybridized carbons (Fsp3) is 0.857. The number of allylic oxidation sites excluding steroid dienone is 1. The first-order valence-corrected chi connectivity index (χ1v) is 8.92. The molecule has 5 heteroatoms. The third-order valence-electron chi connectivity index (χ3n) is 2.81. The van der Waals surface area contributed by atoms with Crippen molar-refractivity contribution in [3.05, 3.63) is 12.3 Å². The zero-order chi connectivity index (χ0) is 14.4. The Bertz CT molecular complexity index is 266. The number of rotatable bonds is 13. The van der Waals surface area contributed by atoms with Crippen LogP contribution in [0.5, 0.6) is 0 Å².